The summed E-state index contributed by atoms with van der Waals surface area (Å²) in [6, 6.07) is 10.5. The molecule has 3 atom stereocenters. The first-order valence-corrected chi connectivity index (χ1v) is 8.60. The van der Waals surface area contributed by atoms with Crippen LogP contribution < -0.4 is 10.6 Å². The van der Waals surface area contributed by atoms with E-state index in [-0.39, 0.29) is 23.7 Å². The van der Waals surface area contributed by atoms with Crippen molar-refractivity contribution in [2.45, 2.75) is 51.2 Å². The van der Waals surface area contributed by atoms with Gasteiger partial charge < -0.3 is 10.6 Å². The molecule has 2 saturated heterocycles. The van der Waals surface area contributed by atoms with Crippen LogP contribution in [-0.4, -0.2) is 38.2 Å². The lowest BCUT2D eigenvalue weighted by Gasteiger charge is -2.34. The van der Waals surface area contributed by atoms with Gasteiger partial charge in [-0.25, -0.2) is 0 Å². The number of carbonyl (C=O) groups excluding carboxylic acids is 1. The van der Waals surface area contributed by atoms with Crippen LogP contribution in [0, 0.1) is 5.41 Å². The van der Waals surface area contributed by atoms with Gasteiger partial charge in [0.2, 0.25) is 5.91 Å². The summed E-state index contributed by atoms with van der Waals surface area (Å²) >= 11 is 0. The minimum atomic E-state index is -0.284. The zero-order valence-corrected chi connectivity index (χ0v) is 15.0. The molecule has 4 rings (SSSR count). The van der Waals surface area contributed by atoms with Gasteiger partial charge in [0.15, 0.2) is 5.82 Å². The van der Waals surface area contributed by atoms with Crippen LogP contribution in [0.15, 0.2) is 30.3 Å². The average Bonchev–Trinajstić information content (AvgIpc) is 3.35. The Morgan fingerprint density at radius 3 is 2.80 bits per heavy atom. The van der Waals surface area contributed by atoms with Crippen LogP contribution in [0.25, 0.3) is 5.69 Å². The van der Waals surface area contributed by atoms with Gasteiger partial charge in [-0.15, -0.1) is 17.5 Å². The number of aromatic nitrogens is 4. The Bertz CT molecular complexity index is 736. The molecule has 1 aromatic heterocycles. The maximum Gasteiger partial charge on any atom is 0.228 e. The Hall–Kier alpha value is -1.99. The van der Waals surface area contributed by atoms with Crippen LogP contribution in [0.5, 0.6) is 0 Å². The Morgan fingerprint density at radius 1 is 1.36 bits per heavy atom. The second-order valence-electron chi connectivity index (χ2n) is 6.73. The van der Waals surface area contributed by atoms with Gasteiger partial charge >= 0.3 is 0 Å². The Balaban J connectivity index is 0.00000182. The smallest absolute Gasteiger partial charge is 0.228 e. The first-order valence-electron chi connectivity index (χ1n) is 8.60. The van der Waals surface area contributed by atoms with Crippen molar-refractivity contribution in [2.24, 2.45) is 5.41 Å². The van der Waals surface area contributed by atoms with Gasteiger partial charge in [-0.1, -0.05) is 25.1 Å². The summed E-state index contributed by atoms with van der Waals surface area (Å²) < 4.78 is 1.66. The molecule has 134 valence electrons. The second-order valence-corrected chi connectivity index (χ2v) is 6.73. The molecule has 1 amide bonds. The van der Waals surface area contributed by atoms with Crippen LogP contribution in [0.1, 0.15) is 38.4 Å². The molecular formula is C17H23ClN6O. The summed E-state index contributed by atoms with van der Waals surface area (Å²) in [7, 11) is 0. The largest absolute Gasteiger partial charge is 0.348 e. The summed E-state index contributed by atoms with van der Waals surface area (Å²) in [5.41, 5.74) is 0.604. The average molecular weight is 363 g/mol. The summed E-state index contributed by atoms with van der Waals surface area (Å²) in [5.74, 6) is 0.754. The number of tetrazole rings is 1. The van der Waals surface area contributed by atoms with Gasteiger partial charge in [-0.05, 0) is 48.2 Å². The minimum Gasteiger partial charge on any atom is -0.348 e. The maximum absolute atomic E-state index is 12.9. The van der Waals surface area contributed by atoms with Crippen molar-refractivity contribution in [3.63, 3.8) is 0 Å². The van der Waals surface area contributed by atoms with Crippen molar-refractivity contribution in [2.75, 3.05) is 0 Å². The number of rotatable bonds is 5. The number of amides is 1. The van der Waals surface area contributed by atoms with E-state index in [1.165, 1.54) is 6.42 Å². The first-order chi connectivity index (χ1) is 11.7. The number of benzene rings is 1. The molecule has 2 aliphatic rings. The van der Waals surface area contributed by atoms with Crippen molar-refractivity contribution in [1.82, 2.24) is 30.8 Å². The van der Waals surface area contributed by atoms with Crippen LogP contribution >= 0.6 is 12.4 Å². The third-order valence-corrected chi connectivity index (χ3v) is 5.54. The zero-order valence-electron chi connectivity index (χ0n) is 14.2. The molecule has 0 unspecified atom stereocenters. The van der Waals surface area contributed by atoms with Crippen LogP contribution in [-0.2, 0) is 11.3 Å². The standard InChI is InChI=1S/C17H22N6O.ClH/c1-2-17(10-12-8-9-14(17)19-12)16(24)18-11-15-20-21-22-23(15)13-6-4-3-5-7-13;/h3-7,12,14,19H,2,8-11H2,1H3,(H,18,24);1H/t12-,14+,17+;/m0./s1. The van der Waals surface area contributed by atoms with E-state index in [2.05, 4.69) is 33.1 Å². The summed E-state index contributed by atoms with van der Waals surface area (Å²) in [5, 5.41) is 18.5. The Morgan fingerprint density at radius 2 is 2.16 bits per heavy atom. The van der Waals surface area contributed by atoms with E-state index in [4.69, 9.17) is 0 Å². The molecule has 2 aromatic rings. The first kappa shape index (κ1) is 17.8. The van der Waals surface area contributed by atoms with E-state index in [1.54, 1.807) is 4.68 Å². The van der Waals surface area contributed by atoms with Gasteiger partial charge in [0.25, 0.3) is 0 Å². The molecule has 1 aromatic carbocycles. The lowest BCUT2D eigenvalue weighted by atomic mass is 9.71. The number of nitrogens with zero attached hydrogens (tertiary/aromatic N) is 4. The van der Waals surface area contributed by atoms with Gasteiger partial charge in [0, 0.05) is 12.1 Å². The number of carbonyl (C=O) groups is 1. The van der Waals surface area contributed by atoms with Crippen molar-refractivity contribution in [3.8, 4) is 5.69 Å². The summed E-state index contributed by atoms with van der Waals surface area (Å²) in [6.07, 6.45) is 4.07. The van der Waals surface area contributed by atoms with E-state index in [0.717, 1.165) is 24.9 Å². The van der Waals surface area contributed by atoms with Gasteiger partial charge in [-0.3, -0.25) is 4.79 Å². The fraction of sp³-hybridized carbons (Fsp3) is 0.529. The number of hydrogen-bond donors (Lipinski definition) is 2. The highest BCUT2D eigenvalue weighted by Gasteiger charge is 2.54. The molecule has 2 aliphatic heterocycles. The van der Waals surface area contributed by atoms with Gasteiger partial charge in [0.1, 0.15) is 0 Å². The lowest BCUT2D eigenvalue weighted by Crippen LogP contribution is -2.48. The lowest BCUT2D eigenvalue weighted by molar-refractivity contribution is -0.132. The molecule has 0 saturated carbocycles. The Labute approximate surface area is 153 Å². The van der Waals surface area contributed by atoms with Crippen molar-refractivity contribution in [3.05, 3.63) is 36.2 Å². The predicted molar refractivity (Wildman–Crippen MR) is 95.5 cm³/mol. The molecule has 7 nitrogen and oxygen atoms in total. The third kappa shape index (κ3) is 3.02. The SMILES string of the molecule is CC[C@@]1(C(=O)NCc2nnnn2-c2ccccc2)C[C@@H]2CC[C@H]1N2.Cl. The fourth-order valence-corrected chi connectivity index (χ4v) is 4.22. The highest BCUT2D eigenvalue weighted by atomic mass is 35.5. The number of nitrogens with one attached hydrogen (secondary N) is 2. The van der Waals surface area contributed by atoms with Gasteiger partial charge in [0.05, 0.1) is 17.6 Å². The highest BCUT2D eigenvalue weighted by Crippen LogP contribution is 2.45. The molecule has 2 bridgehead atoms. The topological polar surface area (TPSA) is 84.7 Å². The molecule has 3 heterocycles. The minimum absolute atomic E-state index is 0. The molecule has 0 spiro atoms. The molecule has 2 fully saturated rings. The molecule has 0 aliphatic carbocycles. The number of halogens is 1. The van der Waals surface area contributed by atoms with E-state index < -0.39 is 0 Å². The van der Waals surface area contributed by atoms with E-state index in [9.17, 15) is 4.79 Å². The van der Waals surface area contributed by atoms with E-state index in [0.29, 0.717) is 24.5 Å². The predicted octanol–water partition coefficient (Wildman–Crippen LogP) is 1.62. The highest BCUT2D eigenvalue weighted by molar-refractivity contribution is 5.85. The van der Waals surface area contributed by atoms with E-state index >= 15 is 0 Å². The molecule has 25 heavy (non-hydrogen) atoms. The third-order valence-electron chi connectivity index (χ3n) is 5.54. The molecule has 2 N–H and O–H groups in total. The number of fused-ring (bicyclic) bond motifs is 2. The molecular weight excluding hydrogens is 340 g/mol. The summed E-state index contributed by atoms with van der Waals surface area (Å²) in [6.45, 7) is 2.44. The molecule has 8 heteroatoms. The maximum atomic E-state index is 12.9. The summed E-state index contributed by atoms with van der Waals surface area (Å²) in [4.78, 5) is 12.9. The van der Waals surface area contributed by atoms with Crippen LogP contribution in [0.4, 0.5) is 0 Å². The van der Waals surface area contributed by atoms with E-state index in [1.807, 2.05) is 30.3 Å². The van der Waals surface area contributed by atoms with Crippen LogP contribution in [0.3, 0.4) is 0 Å². The number of para-hydroxylation sites is 1. The molecule has 0 radical (unpaired) electrons. The second kappa shape index (κ2) is 7.09. The monoisotopic (exact) mass is 362 g/mol. The van der Waals surface area contributed by atoms with Crippen molar-refractivity contribution >= 4 is 18.3 Å². The Kier molecular flexibility index (Phi) is 5.06. The van der Waals surface area contributed by atoms with Gasteiger partial charge in [-0.2, -0.15) is 4.68 Å². The normalized spacial score (nSPS) is 27.1. The van der Waals surface area contributed by atoms with Crippen molar-refractivity contribution < 1.29 is 4.79 Å². The van der Waals surface area contributed by atoms with Crippen molar-refractivity contribution in [1.29, 1.82) is 0 Å². The fourth-order valence-electron chi connectivity index (χ4n) is 4.22. The van der Waals surface area contributed by atoms with Crippen LogP contribution in [0.2, 0.25) is 0 Å². The quantitative estimate of drug-likeness (QED) is 0.844. The zero-order chi connectivity index (χ0) is 16.6. The number of hydrogen-bond acceptors (Lipinski definition) is 5.